The summed E-state index contributed by atoms with van der Waals surface area (Å²) in [5.41, 5.74) is 3.34. The van der Waals surface area contributed by atoms with Gasteiger partial charge in [-0.1, -0.05) is 72.8 Å². The van der Waals surface area contributed by atoms with Crippen LogP contribution in [0.1, 0.15) is 74.8 Å². The van der Waals surface area contributed by atoms with Crippen LogP contribution in [0.3, 0.4) is 0 Å². The van der Waals surface area contributed by atoms with E-state index >= 15 is 9.59 Å². The summed E-state index contributed by atoms with van der Waals surface area (Å²) >= 11 is 0. The highest BCUT2D eigenvalue weighted by Gasteiger charge is 2.51. The number of fused-ring (bicyclic) bond motifs is 2. The number of ether oxygens (including phenoxy) is 1. The van der Waals surface area contributed by atoms with Gasteiger partial charge in [-0.3, -0.25) is 19.3 Å². The normalized spacial score (nSPS) is 24.3. The molecule has 4 heterocycles. The number of carbonyl (C=O) groups excluding carboxylic acids is 4. The summed E-state index contributed by atoms with van der Waals surface area (Å²) in [6, 6.07) is 20.5. The topological polar surface area (TPSA) is 128 Å². The van der Waals surface area contributed by atoms with Crippen LogP contribution >= 0.6 is 0 Å². The minimum absolute atomic E-state index is 0.157. The van der Waals surface area contributed by atoms with Crippen molar-refractivity contribution in [2.45, 2.75) is 102 Å². The van der Waals surface area contributed by atoms with E-state index in [2.05, 4.69) is 0 Å². The molecule has 51 heavy (non-hydrogen) atoms. The lowest BCUT2D eigenvalue weighted by atomic mass is 9.92. The van der Waals surface area contributed by atoms with Gasteiger partial charge in [0.05, 0.1) is 11.7 Å². The van der Waals surface area contributed by atoms with Crippen molar-refractivity contribution in [1.29, 1.82) is 0 Å². The molecule has 0 bridgehead atoms. The molecule has 7 rings (SSSR count). The number of hydrogen-bond donors (Lipinski definition) is 1. The number of carboxylic acid groups (broad SMARTS) is 1. The lowest BCUT2D eigenvalue weighted by molar-refractivity contribution is -0.156. The molecule has 1 N–H and O–H groups in total. The standard InChI is InChI=1S/C40H44N4O7/c1-40(2,3)51-39(50)44-29-17-10-9-15-27(29)23-34(44)37(47)43-30(25-12-5-4-6-13-25)19-20-31(43)35(45)42-24-28-16-8-7-14-26(28)22-33(42)36(46)41-21-11-18-32(41)38(48)49/h4-10,12-17,30-34H,11,18-24H2,1-3H3,(H,48,49)/t30-,31+,32?,33-,34-/m1/s1. The zero-order valence-electron chi connectivity index (χ0n) is 29.2. The molecule has 0 radical (unpaired) electrons. The van der Waals surface area contributed by atoms with Gasteiger partial charge in [-0.2, -0.15) is 0 Å². The second-order valence-electron chi connectivity index (χ2n) is 14.9. The number of benzene rings is 3. The Morgan fingerprint density at radius 3 is 2.00 bits per heavy atom. The Morgan fingerprint density at radius 1 is 0.667 bits per heavy atom. The van der Waals surface area contributed by atoms with E-state index in [9.17, 15) is 19.5 Å². The van der Waals surface area contributed by atoms with Gasteiger partial charge >= 0.3 is 12.1 Å². The molecule has 11 heteroatoms. The predicted molar refractivity (Wildman–Crippen MR) is 189 cm³/mol. The van der Waals surface area contributed by atoms with Gasteiger partial charge in [-0.15, -0.1) is 0 Å². The minimum Gasteiger partial charge on any atom is -0.480 e. The Kier molecular flexibility index (Phi) is 9.07. The lowest BCUT2D eigenvalue weighted by Gasteiger charge is -2.42. The molecule has 1 unspecified atom stereocenters. The highest BCUT2D eigenvalue weighted by Crippen LogP contribution is 2.42. The molecule has 11 nitrogen and oxygen atoms in total. The Labute approximate surface area is 297 Å². The van der Waals surface area contributed by atoms with E-state index in [0.717, 1.165) is 22.3 Å². The number of carboxylic acids is 1. The van der Waals surface area contributed by atoms with Gasteiger partial charge in [0.1, 0.15) is 29.8 Å². The Balaban J connectivity index is 1.26. The monoisotopic (exact) mass is 692 g/mol. The van der Waals surface area contributed by atoms with Crippen molar-refractivity contribution in [2.75, 3.05) is 11.4 Å². The zero-order chi connectivity index (χ0) is 36.0. The second kappa shape index (κ2) is 13.5. The predicted octanol–water partition coefficient (Wildman–Crippen LogP) is 5.11. The molecular weight excluding hydrogens is 648 g/mol. The largest absolute Gasteiger partial charge is 0.480 e. The fourth-order valence-corrected chi connectivity index (χ4v) is 8.30. The molecule has 2 fully saturated rings. The van der Waals surface area contributed by atoms with Crippen LogP contribution in [-0.4, -0.2) is 85.9 Å². The second-order valence-corrected chi connectivity index (χ2v) is 14.9. The number of amides is 4. The number of anilines is 1. The van der Waals surface area contributed by atoms with E-state index in [-0.39, 0.29) is 37.1 Å². The third-order valence-corrected chi connectivity index (χ3v) is 10.6. The van der Waals surface area contributed by atoms with Gasteiger partial charge in [0.2, 0.25) is 17.7 Å². The first-order valence-electron chi connectivity index (χ1n) is 17.8. The van der Waals surface area contributed by atoms with Crippen LogP contribution in [-0.2, 0) is 43.3 Å². The molecule has 4 aliphatic rings. The molecule has 0 aliphatic carbocycles. The van der Waals surface area contributed by atoms with E-state index in [0.29, 0.717) is 37.9 Å². The molecule has 0 spiro atoms. The van der Waals surface area contributed by atoms with E-state index in [4.69, 9.17) is 4.74 Å². The Bertz CT molecular complexity index is 1860. The molecular formula is C40H44N4O7. The van der Waals surface area contributed by atoms with Crippen molar-refractivity contribution in [3.63, 3.8) is 0 Å². The highest BCUT2D eigenvalue weighted by atomic mass is 16.6. The third kappa shape index (κ3) is 6.45. The fourth-order valence-electron chi connectivity index (χ4n) is 8.30. The van der Waals surface area contributed by atoms with Crippen LogP contribution in [0.2, 0.25) is 0 Å². The number of para-hydroxylation sites is 1. The van der Waals surface area contributed by atoms with E-state index in [1.54, 1.807) is 36.6 Å². The van der Waals surface area contributed by atoms with Gasteiger partial charge in [0, 0.05) is 25.9 Å². The minimum atomic E-state index is -1.06. The quantitative estimate of drug-likeness (QED) is 0.394. The number of nitrogens with zero attached hydrogens (tertiary/aromatic N) is 4. The first kappa shape index (κ1) is 34.3. The van der Waals surface area contributed by atoms with Crippen molar-refractivity contribution >= 4 is 35.5 Å². The van der Waals surface area contributed by atoms with E-state index in [1.165, 1.54) is 9.80 Å². The summed E-state index contributed by atoms with van der Waals surface area (Å²) in [4.78, 5) is 76.3. The number of rotatable bonds is 5. The maximum Gasteiger partial charge on any atom is 0.415 e. The van der Waals surface area contributed by atoms with Crippen LogP contribution < -0.4 is 4.90 Å². The number of likely N-dealkylation sites (tertiary alicyclic amines) is 2. The first-order chi connectivity index (χ1) is 24.4. The number of hydrogen-bond acceptors (Lipinski definition) is 6. The van der Waals surface area contributed by atoms with Crippen molar-refractivity contribution in [2.24, 2.45) is 0 Å². The zero-order valence-corrected chi connectivity index (χ0v) is 29.2. The van der Waals surface area contributed by atoms with Gasteiger partial charge in [0.15, 0.2) is 0 Å². The van der Waals surface area contributed by atoms with Crippen LogP contribution in [0.4, 0.5) is 10.5 Å². The number of carbonyl (C=O) groups is 5. The molecule has 5 atom stereocenters. The van der Waals surface area contributed by atoms with Crippen molar-refractivity contribution in [3.05, 3.63) is 101 Å². The molecule has 3 aromatic carbocycles. The van der Waals surface area contributed by atoms with Crippen LogP contribution in [0.15, 0.2) is 78.9 Å². The molecule has 266 valence electrons. The van der Waals surface area contributed by atoms with E-state index < -0.39 is 47.9 Å². The highest BCUT2D eigenvalue weighted by molar-refractivity contribution is 6.02. The first-order valence-corrected chi connectivity index (χ1v) is 17.8. The summed E-state index contributed by atoms with van der Waals surface area (Å²) in [6.07, 6.45) is 1.67. The van der Waals surface area contributed by atoms with Gasteiger partial charge in [-0.25, -0.2) is 9.59 Å². The van der Waals surface area contributed by atoms with Gasteiger partial charge in [0.25, 0.3) is 0 Å². The summed E-state index contributed by atoms with van der Waals surface area (Å²) < 4.78 is 5.81. The summed E-state index contributed by atoms with van der Waals surface area (Å²) in [5, 5.41) is 9.91. The fraction of sp³-hybridized carbons (Fsp3) is 0.425. The molecule has 4 aliphatic heterocycles. The molecule has 0 aromatic heterocycles. The van der Waals surface area contributed by atoms with Crippen LogP contribution in [0.25, 0.3) is 0 Å². The average molecular weight is 693 g/mol. The lowest BCUT2D eigenvalue weighted by Crippen LogP contribution is -2.60. The Morgan fingerprint density at radius 2 is 1.29 bits per heavy atom. The maximum atomic E-state index is 15.1. The molecule has 0 saturated carbocycles. The van der Waals surface area contributed by atoms with E-state index in [1.807, 2.05) is 72.8 Å². The SMILES string of the molecule is CC(C)(C)OC(=O)N1c2ccccc2C[C@@H]1C(=O)N1[C@@H](c2ccccc2)CC[C@H]1C(=O)N1Cc2ccccc2C[C@@H]1C(=O)N1CCCC1C(=O)O. The average Bonchev–Trinajstić information content (AvgIpc) is 3.87. The van der Waals surface area contributed by atoms with Crippen molar-refractivity contribution in [3.8, 4) is 0 Å². The number of aliphatic carboxylic acids is 1. The van der Waals surface area contributed by atoms with Crippen molar-refractivity contribution in [1.82, 2.24) is 14.7 Å². The van der Waals surface area contributed by atoms with Crippen molar-refractivity contribution < 1.29 is 33.8 Å². The molecule has 2 saturated heterocycles. The van der Waals surface area contributed by atoms with Crippen LogP contribution in [0.5, 0.6) is 0 Å². The van der Waals surface area contributed by atoms with Gasteiger partial charge < -0.3 is 24.5 Å². The summed E-state index contributed by atoms with van der Waals surface area (Å²) in [6.45, 7) is 5.80. The smallest absolute Gasteiger partial charge is 0.415 e. The Hall–Kier alpha value is -5.19. The van der Waals surface area contributed by atoms with Crippen LogP contribution in [0, 0.1) is 0 Å². The summed E-state index contributed by atoms with van der Waals surface area (Å²) in [5.74, 6) is -2.17. The van der Waals surface area contributed by atoms with Gasteiger partial charge in [-0.05, 0) is 74.8 Å². The molecule has 3 aromatic rings. The summed E-state index contributed by atoms with van der Waals surface area (Å²) in [7, 11) is 0. The molecule has 4 amide bonds. The third-order valence-electron chi connectivity index (χ3n) is 10.6. The maximum absolute atomic E-state index is 15.1.